The second-order valence-corrected chi connectivity index (χ2v) is 6.62. The quantitative estimate of drug-likeness (QED) is 0.867. The van der Waals surface area contributed by atoms with Crippen LogP contribution in [-0.2, 0) is 6.54 Å². The lowest BCUT2D eigenvalue weighted by atomic mass is 9.91. The molecular weight excluding hydrogens is 258 g/mol. The fourth-order valence-corrected chi connectivity index (χ4v) is 3.29. The van der Waals surface area contributed by atoms with Gasteiger partial charge in [0.05, 0.1) is 0 Å². The largest absolute Gasteiger partial charge is 0.382 e. The van der Waals surface area contributed by atoms with Crippen LogP contribution >= 0.6 is 0 Å². The second-order valence-electron chi connectivity index (χ2n) is 6.62. The van der Waals surface area contributed by atoms with Crippen molar-refractivity contribution < 1.29 is 0 Å². The summed E-state index contributed by atoms with van der Waals surface area (Å²) in [5.41, 5.74) is 2.69. The van der Waals surface area contributed by atoms with Gasteiger partial charge in [-0.25, -0.2) is 0 Å². The van der Waals surface area contributed by atoms with Gasteiger partial charge in [0.25, 0.3) is 0 Å². The third-order valence-corrected chi connectivity index (χ3v) is 4.58. The van der Waals surface area contributed by atoms with E-state index in [0.717, 1.165) is 12.5 Å². The molecule has 2 rings (SSSR count). The molecule has 0 amide bonds. The molecule has 1 aromatic rings. The number of piperidine rings is 1. The number of anilines is 1. The highest BCUT2D eigenvalue weighted by atomic mass is 15.1. The summed E-state index contributed by atoms with van der Waals surface area (Å²) >= 11 is 0. The van der Waals surface area contributed by atoms with Crippen molar-refractivity contribution in [3.8, 4) is 0 Å². The predicted molar refractivity (Wildman–Crippen MR) is 91.8 cm³/mol. The highest BCUT2D eigenvalue weighted by Gasteiger charge is 2.24. The zero-order valence-corrected chi connectivity index (χ0v) is 14.1. The Bertz CT molecular complexity index is 430. The van der Waals surface area contributed by atoms with Gasteiger partial charge in [-0.3, -0.25) is 0 Å². The van der Waals surface area contributed by atoms with E-state index in [1.54, 1.807) is 0 Å². The van der Waals surface area contributed by atoms with Gasteiger partial charge in [-0.15, -0.1) is 0 Å². The van der Waals surface area contributed by atoms with Crippen LogP contribution < -0.4 is 5.32 Å². The van der Waals surface area contributed by atoms with Gasteiger partial charge in [0.15, 0.2) is 0 Å². The first-order chi connectivity index (χ1) is 10.1. The van der Waals surface area contributed by atoms with Gasteiger partial charge in [-0.2, -0.15) is 0 Å². The summed E-state index contributed by atoms with van der Waals surface area (Å²) in [6.07, 6.45) is 2.68. The van der Waals surface area contributed by atoms with Gasteiger partial charge in [-0.1, -0.05) is 25.1 Å². The first-order valence-electron chi connectivity index (χ1n) is 8.31. The number of nitrogens with zero attached hydrogens (tertiary/aromatic N) is 2. The lowest BCUT2D eigenvalue weighted by Crippen LogP contribution is -2.41. The Morgan fingerprint density at radius 2 is 2.10 bits per heavy atom. The molecule has 1 aromatic carbocycles. The van der Waals surface area contributed by atoms with Crippen molar-refractivity contribution in [1.29, 1.82) is 0 Å². The van der Waals surface area contributed by atoms with E-state index in [2.05, 4.69) is 67.3 Å². The summed E-state index contributed by atoms with van der Waals surface area (Å²) < 4.78 is 0. The van der Waals surface area contributed by atoms with Crippen LogP contribution in [0.3, 0.4) is 0 Å². The maximum atomic E-state index is 3.78. The minimum absolute atomic E-state index is 0.530. The van der Waals surface area contributed by atoms with Crippen LogP contribution in [0.4, 0.5) is 5.69 Å². The van der Waals surface area contributed by atoms with E-state index in [1.807, 2.05) is 0 Å². The van der Waals surface area contributed by atoms with Gasteiger partial charge in [0.1, 0.15) is 0 Å². The molecule has 1 fully saturated rings. The molecule has 2 atom stereocenters. The van der Waals surface area contributed by atoms with Crippen molar-refractivity contribution in [3.05, 3.63) is 29.8 Å². The molecule has 0 saturated carbocycles. The molecule has 0 aromatic heterocycles. The highest BCUT2D eigenvalue weighted by molar-refractivity contribution is 5.51. The lowest BCUT2D eigenvalue weighted by Gasteiger charge is -2.36. The van der Waals surface area contributed by atoms with Crippen LogP contribution in [0.2, 0.25) is 0 Å². The van der Waals surface area contributed by atoms with E-state index >= 15 is 0 Å². The van der Waals surface area contributed by atoms with Crippen molar-refractivity contribution in [1.82, 2.24) is 9.80 Å². The molecule has 2 unspecified atom stereocenters. The third-order valence-electron chi connectivity index (χ3n) is 4.58. The first-order valence-corrected chi connectivity index (χ1v) is 8.31. The molecule has 1 saturated heterocycles. The van der Waals surface area contributed by atoms with Crippen LogP contribution in [0.25, 0.3) is 0 Å². The molecule has 1 aliphatic rings. The van der Waals surface area contributed by atoms with Gasteiger partial charge in [0, 0.05) is 24.8 Å². The highest BCUT2D eigenvalue weighted by Crippen LogP contribution is 2.24. The molecule has 21 heavy (non-hydrogen) atoms. The van der Waals surface area contributed by atoms with Crippen LogP contribution in [0, 0.1) is 5.92 Å². The van der Waals surface area contributed by atoms with E-state index in [-0.39, 0.29) is 0 Å². The van der Waals surface area contributed by atoms with Crippen LogP contribution in [-0.4, -0.2) is 49.6 Å². The Labute approximate surface area is 130 Å². The average molecular weight is 289 g/mol. The van der Waals surface area contributed by atoms with Gasteiger partial charge in [-0.05, 0) is 64.5 Å². The zero-order chi connectivity index (χ0) is 15.2. The van der Waals surface area contributed by atoms with Gasteiger partial charge >= 0.3 is 0 Å². The number of hydrogen-bond donors (Lipinski definition) is 1. The zero-order valence-electron chi connectivity index (χ0n) is 14.1. The van der Waals surface area contributed by atoms with Gasteiger partial charge < -0.3 is 15.1 Å². The van der Waals surface area contributed by atoms with Crippen molar-refractivity contribution in [2.75, 3.05) is 39.0 Å². The van der Waals surface area contributed by atoms with E-state index in [9.17, 15) is 0 Å². The molecule has 1 N–H and O–H groups in total. The van der Waals surface area contributed by atoms with E-state index in [0.29, 0.717) is 6.04 Å². The predicted octanol–water partition coefficient (Wildman–Crippen LogP) is 3.28. The second kappa shape index (κ2) is 7.81. The lowest BCUT2D eigenvalue weighted by molar-refractivity contribution is 0.172. The Morgan fingerprint density at radius 3 is 2.81 bits per heavy atom. The standard InChI is InChI=1S/C18H31N3/c1-5-21-12-8-10-16(14-21)15(2)19-18-11-7-6-9-17(18)13-20(3)4/h6-7,9,11,15-16,19H,5,8,10,12-14H2,1-4H3. The van der Waals surface area contributed by atoms with E-state index < -0.39 is 0 Å². The summed E-state index contributed by atoms with van der Waals surface area (Å²) in [5.74, 6) is 0.756. The van der Waals surface area contributed by atoms with Crippen molar-refractivity contribution in [2.24, 2.45) is 5.92 Å². The smallest absolute Gasteiger partial charge is 0.0388 e. The van der Waals surface area contributed by atoms with E-state index in [1.165, 1.54) is 43.7 Å². The molecule has 0 bridgehead atoms. The van der Waals surface area contributed by atoms with Gasteiger partial charge in [0.2, 0.25) is 0 Å². The van der Waals surface area contributed by atoms with Crippen molar-refractivity contribution >= 4 is 5.69 Å². The summed E-state index contributed by atoms with van der Waals surface area (Å²) in [4.78, 5) is 4.81. The summed E-state index contributed by atoms with van der Waals surface area (Å²) in [6.45, 7) is 9.29. The van der Waals surface area contributed by atoms with Crippen LogP contribution in [0.1, 0.15) is 32.3 Å². The number of likely N-dealkylation sites (tertiary alicyclic amines) is 1. The maximum absolute atomic E-state index is 3.78. The molecule has 1 aliphatic heterocycles. The summed E-state index contributed by atoms with van der Waals surface area (Å²) in [6, 6.07) is 9.24. The molecule has 118 valence electrons. The Balaban J connectivity index is 2.00. The normalized spacial score (nSPS) is 21.5. The minimum atomic E-state index is 0.530. The van der Waals surface area contributed by atoms with Crippen molar-refractivity contribution in [2.45, 2.75) is 39.3 Å². The molecule has 3 nitrogen and oxygen atoms in total. The molecule has 1 heterocycles. The SMILES string of the molecule is CCN1CCCC(C(C)Nc2ccccc2CN(C)C)C1. The molecule has 3 heteroatoms. The third kappa shape index (κ3) is 4.72. The number of hydrogen-bond acceptors (Lipinski definition) is 3. The van der Waals surface area contributed by atoms with E-state index in [4.69, 9.17) is 0 Å². The minimum Gasteiger partial charge on any atom is -0.382 e. The maximum Gasteiger partial charge on any atom is 0.0388 e. The number of benzene rings is 1. The topological polar surface area (TPSA) is 18.5 Å². The Kier molecular flexibility index (Phi) is 6.07. The Hall–Kier alpha value is -1.06. The fraction of sp³-hybridized carbons (Fsp3) is 0.667. The number of rotatable bonds is 6. The first kappa shape index (κ1) is 16.3. The average Bonchev–Trinajstić information content (AvgIpc) is 2.48. The number of nitrogens with one attached hydrogen (secondary N) is 1. The fourth-order valence-electron chi connectivity index (χ4n) is 3.29. The molecular formula is C18H31N3. The van der Waals surface area contributed by atoms with Crippen LogP contribution in [0.5, 0.6) is 0 Å². The summed E-state index contributed by atoms with van der Waals surface area (Å²) in [7, 11) is 4.25. The van der Waals surface area contributed by atoms with Crippen molar-refractivity contribution in [3.63, 3.8) is 0 Å². The van der Waals surface area contributed by atoms with Crippen LogP contribution in [0.15, 0.2) is 24.3 Å². The Morgan fingerprint density at radius 1 is 1.33 bits per heavy atom. The molecule has 0 spiro atoms. The molecule has 0 aliphatic carbocycles. The molecule has 0 radical (unpaired) electrons. The number of para-hydroxylation sites is 1. The summed E-state index contributed by atoms with van der Waals surface area (Å²) in [5, 5.41) is 3.78. The monoisotopic (exact) mass is 289 g/mol.